The van der Waals surface area contributed by atoms with Crippen molar-refractivity contribution in [1.29, 1.82) is 0 Å². The van der Waals surface area contributed by atoms with E-state index in [1.54, 1.807) is 0 Å². The van der Waals surface area contributed by atoms with E-state index < -0.39 is 0 Å². The predicted molar refractivity (Wildman–Crippen MR) is 85.0 cm³/mol. The molecule has 20 heavy (non-hydrogen) atoms. The van der Waals surface area contributed by atoms with Gasteiger partial charge in [0.1, 0.15) is 0 Å². The smallest absolute Gasteiger partial charge is 0.220 e. The number of aryl methyl sites for hydroxylation is 1. The lowest BCUT2D eigenvalue weighted by atomic mass is 9.86. The van der Waals surface area contributed by atoms with Crippen LogP contribution in [0.2, 0.25) is 0 Å². The summed E-state index contributed by atoms with van der Waals surface area (Å²) in [5.41, 5.74) is 2.73. The highest BCUT2D eigenvalue weighted by Gasteiger charge is 2.12. The topological polar surface area (TPSA) is 41.1 Å². The van der Waals surface area contributed by atoms with Crippen molar-refractivity contribution in [2.24, 2.45) is 0 Å². The van der Waals surface area contributed by atoms with Gasteiger partial charge in [-0.2, -0.15) is 0 Å². The molecule has 0 unspecified atom stereocenters. The van der Waals surface area contributed by atoms with Gasteiger partial charge in [-0.3, -0.25) is 4.79 Å². The van der Waals surface area contributed by atoms with Crippen LogP contribution in [-0.4, -0.2) is 25.5 Å². The number of carbonyl (C=O) groups excluding carboxylic acids is 1. The summed E-state index contributed by atoms with van der Waals surface area (Å²) in [6.07, 6.45) is 1.36. The quantitative estimate of drug-likeness (QED) is 0.752. The zero-order chi connectivity index (χ0) is 15.0. The van der Waals surface area contributed by atoms with Crippen molar-refractivity contribution in [1.82, 2.24) is 10.6 Å². The zero-order valence-electron chi connectivity index (χ0n) is 13.3. The standard InChI is InChI=1S/C17H28N2O/c1-5-18-12-13-19-16(20)11-8-14-6-9-15(10-7-14)17(2,3)4/h6-7,9-10,18H,5,8,11-13H2,1-4H3,(H,19,20). The second-order valence-corrected chi connectivity index (χ2v) is 6.15. The van der Waals surface area contributed by atoms with Crippen molar-refractivity contribution >= 4 is 5.91 Å². The molecule has 0 saturated heterocycles. The van der Waals surface area contributed by atoms with Crippen LogP contribution < -0.4 is 10.6 Å². The number of amides is 1. The van der Waals surface area contributed by atoms with Gasteiger partial charge in [-0.1, -0.05) is 52.0 Å². The van der Waals surface area contributed by atoms with Crippen molar-refractivity contribution in [2.45, 2.75) is 46.0 Å². The molecule has 3 heteroatoms. The molecule has 2 N–H and O–H groups in total. The first kappa shape index (κ1) is 16.7. The summed E-state index contributed by atoms with van der Waals surface area (Å²) >= 11 is 0. The lowest BCUT2D eigenvalue weighted by Gasteiger charge is -2.19. The van der Waals surface area contributed by atoms with Gasteiger partial charge in [-0.15, -0.1) is 0 Å². The van der Waals surface area contributed by atoms with Crippen LogP contribution in [0.1, 0.15) is 45.2 Å². The van der Waals surface area contributed by atoms with Gasteiger partial charge in [0.15, 0.2) is 0 Å². The number of carbonyl (C=O) groups is 1. The van der Waals surface area contributed by atoms with Gasteiger partial charge in [-0.25, -0.2) is 0 Å². The molecule has 0 aliphatic rings. The van der Waals surface area contributed by atoms with Gasteiger partial charge in [0.2, 0.25) is 5.91 Å². The Kier molecular flexibility index (Phi) is 6.73. The van der Waals surface area contributed by atoms with Crippen LogP contribution in [0.4, 0.5) is 0 Å². The molecule has 112 valence electrons. The van der Waals surface area contributed by atoms with Crippen LogP contribution in [0.3, 0.4) is 0 Å². The second kappa shape index (κ2) is 8.05. The van der Waals surface area contributed by atoms with Crippen molar-refractivity contribution in [3.8, 4) is 0 Å². The Bertz CT molecular complexity index is 404. The lowest BCUT2D eigenvalue weighted by molar-refractivity contribution is -0.121. The summed E-state index contributed by atoms with van der Waals surface area (Å²) in [6, 6.07) is 8.59. The molecular weight excluding hydrogens is 248 g/mol. The van der Waals surface area contributed by atoms with Crippen molar-refractivity contribution in [3.63, 3.8) is 0 Å². The number of rotatable bonds is 7. The van der Waals surface area contributed by atoms with Crippen LogP contribution in [0, 0.1) is 0 Å². The summed E-state index contributed by atoms with van der Waals surface area (Å²) in [5.74, 6) is 0.128. The Morgan fingerprint density at radius 1 is 1.10 bits per heavy atom. The molecule has 0 aliphatic heterocycles. The molecule has 1 amide bonds. The highest BCUT2D eigenvalue weighted by molar-refractivity contribution is 5.76. The third kappa shape index (κ3) is 6.20. The van der Waals surface area contributed by atoms with Crippen molar-refractivity contribution in [2.75, 3.05) is 19.6 Å². The molecule has 0 heterocycles. The Labute approximate surface area is 123 Å². The summed E-state index contributed by atoms with van der Waals surface area (Å²) in [4.78, 5) is 11.7. The fourth-order valence-corrected chi connectivity index (χ4v) is 1.98. The maximum atomic E-state index is 11.7. The summed E-state index contributed by atoms with van der Waals surface area (Å²) in [7, 11) is 0. The maximum Gasteiger partial charge on any atom is 0.220 e. The second-order valence-electron chi connectivity index (χ2n) is 6.15. The highest BCUT2D eigenvalue weighted by Crippen LogP contribution is 2.22. The average Bonchev–Trinajstić information content (AvgIpc) is 2.41. The largest absolute Gasteiger partial charge is 0.355 e. The highest BCUT2D eigenvalue weighted by atomic mass is 16.1. The Morgan fingerprint density at radius 3 is 2.30 bits per heavy atom. The van der Waals surface area contributed by atoms with E-state index in [9.17, 15) is 4.79 Å². The summed E-state index contributed by atoms with van der Waals surface area (Å²) < 4.78 is 0. The lowest BCUT2D eigenvalue weighted by Crippen LogP contribution is -2.31. The fraction of sp³-hybridized carbons (Fsp3) is 0.588. The van der Waals surface area contributed by atoms with Crippen LogP contribution in [-0.2, 0) is 16.6 Å². The van der Waals surface area contributed by atoms with Crippen LogP contribution in [0.25, 0.3) is 0 Å². The SMILES string of the molecule is CCNCCNC(=O)CCc1ccc(C(C)(C)C)cc1. The van der Waals surface area contributed by atoms with Gasteiger partial charge < -0.3 is 10.6 Å². The van der Waals surface area contributed by atoms with E-state index in [-0.39, 0.29) is 11.3 Å². The number of hydrogen-bond acceptors (Lipinski definition) is 2. The number of hydrogen-bond donors (Lipinski definition) is 2. The van der Waals surface area contributed by atoms with Crippen LogP contribution >= 0.6 is 0 Å². The van der Waals surface area contributed by atoms with E-state index in [0.717, 1.165) is 19.5 Å². The summed E-state index contributed by atoms with van der Waals surface area (Å²) in [6.45, 7) is 11.2. The molecule has 0 radical (unpaired) electrons. The molecule has 0 aliphatic carbocycles. The van der Waals surface area contributed by atoms with Crippen molar-refractivity contribution < 1.29 is 4.79 Å². The predicted octanol–water partition coefficient (Wildman–Crippen LogP) is 2.64. The molecule has 1 aromatic rings. The van der Waals surface area contributed by atoms with Gasteiger partial charge >= 0.3 is 0 Å². The van der Waals surface area contributed by atoms with Gasteiger partial charge in [0.05, 0.1) is 0 Å². The minimum atomic E-state index is 0.128. The molecule has 0 spiro atoms. The Balaban J connectivity index is 2.33. The number of likely N-dealkylation sites (N-methyl/N-ethyl adjacent to an activating group) is 1. The molecule has 0 saturated carbocycles. The van der Waals surface area contributed by atoms with Crippen LogP contribution in [0.15, 0.2) is 24.3 Å². The first-order chi connectivity index (χ1) is 9.43. The normalized spacial score (nSPS) is 11.4. The maximum absolute atomic E-state index is 11.7. The molecular formula is C17H28N2O. The van der Waals surface area contributed by atoms with E-state index in [0.29, 0.717) is 13.0 Å². The molecule has 0 bridgehead atoms. The van der Waals surface area contributed by atoms with Gasteiger partial charge in [-0.05, 0) is 29.5 Å². The minimum Gasteiger partial charge on any atom is -0.355 e. The first-order valence-electron chi connectivity index (χ1n) is 7.50. The zero-order valence-corrected chi connectivity index (χ0v) is 13.3. The van der Waals surface area contributed by atoms with E-state index in [1.165, 1.54) is 11.1 Å². The van der Waals surface area contributed by atoms with E-state index in [4.69, 9.17) is 0 Å². The van der Waals surface area contributed by atoms with Gasteiger partial charge in [0, 0.05) is 19.5 Å². The van der Waals surface area contributed by atoms with Gasteiger partial charge in [0.25, 0.3) is 0 Å². The van der Waals surface area contributed by atoms with E-state index in [2.05, 4.69) is 62.6 Å². The molecule has 3 nitrogen and oxygen atoms in total. The van der Waals surface area contributed by atoms with Crippen LogP contribution in [0.5, 0.6) is 0 Å². The number of benzene rings is 1. The molecule has 0 fully saturated rings. The van der Waals surface area contributed by atoms with E-state index in [1.807, 2.05) is 0 Å². The number of nitrogens with one attached hydrogen (secondary N) is 2. The molecule has 1 rings (SSSR count). The van der Waals surface area contributed by atoms with Crippen molar-refractivity contribution in [3.05, 3.63) is 35.4 Å². The average molecular weight is 276 g/mol. The third-order valence-electron chi connectivity index (χ3n) is 3.33. The Morgan fingerprint density at radius 2 is 1.75 bits per heavy atom. The third-order valence-corrected chi connectivity index (χ3v) is 3.33. The fourth-order valence-electron chi connectivity index (χ4n) is 1.98. The molecule has 1 aromatic carbocycles. The monoisotopic (exact) mass is 276 g/mol. The summed E-state index contributed by atoms with van der Waals surface area (Å²) in [5, 5.41) is 6.10. The minimum absolute atomic E-state index is 0.128. The molecule has 0 atom stereocenters. The first-order valence-corrected chi connectivity index (χ1v) is 7.50. The Hall–Kier alpha value is -1.35. The van der Waals surface area contributed by atoms with E-state index >= 15 is 0 Å². The molecule has 0 aromatic heterocycles.